The summed E-state index contributed by atoms with van der Waals surface area (Å²) >= 11 is 0. The Bertz CT molecular complexity index is 686. The minimum absolute atomic E-state index is 0.231. The fourth-order valence-corrected chi connectivity index (χ4v) is 2.52. The molecule has 0 fully saturated rings. The van der Waals surface area contributed by atoms with Gasteiger partial charge in [-0.1, -0.05) is 36.4 Å². The number of benzene rings is 2. The molecule has 0 radical (unpaired) electrons. The number of nitrogens with one attached hydrogen (secondary N) is 1. The van der Waals surface area contributed by atoms with E-state index < -0.39 is 0 Å². The number of H-pyrrole nitrogens is 1. The molecule has 0 bridgehead atoms. The predicted molar refractivity (Wildman–Crippen MR) is 78.2 cm³/mol. The van der Waals surface area contributed by atoms with Gasteiger partial charge < -0.3 is 10.7 Å². The molecule has 1 unspecified atom stereocenters. The van der Waals surface area contributed by atoms with Gasteiger partial charge in [0, 0.05) is 12.5 Å². The number of imidazole rings is 1. The molecule has 1 heterocycles. The number of aryl methyl sites for hydroxylation is 1. The summed E-state index contributed by atoms with van der Waals surface area (Å²) in [6, 6.07) is 16.7. The van der Waals surface area contributed by atoms with Crippen LogP contribution in [0.3, 0.4) is 0 Å². The summed E-state index contributed by atoms with van der Waals surface area (Å²) < 4.78 is 0. The highest BCUT2D eigenvalue weighted by Crippen LogP contribution is 2.25. The maximum absolute atomic E-state index is 5.96. The molecule has 96 valence electrons. The molecule has 2 aromatic carbocycles. The van der Waals surface area contributed by atoms with Gasteiger partial charge >= 0.3 is 0 Å². The number of nitrogens with two attached hydrogens (primary N) is 1. The number of rotatable bonds is 3. The van der Waals surface area contributed by atoms with Gasteiger partial charge in [0.05, 0.1) is 11.0 Å². The molecule has 0 aliphatic carbocycles. The lowest BCUT2D eigenvalue weighted by molar-refractivity contribution is 0.820. The van der Waals surface area contributed by atoms with Crippen LogP contribution in [0, 0.1) is 6.92 Å². The van der Waals surface area contributed by atoms with Gasteiger partial charge in [0.25, 0.3) is 0 Å². The molecule has 19 heavy (non-hydrogen) atoms. The van der Waals surface area contributed by atoms with Crippen molar-refractivity contribution in [3.05, 3.63) is 65.5 Å². The van der Waals surface area contributed by atoms with Crippen molar-refractivity contribution in [2.75, 3.05) is 6.54 Å². The zero-order chi connectivity index (χ0) is 13.2. The molecular weight excluding hydrogens is 234 g/mol. The number of aromatic nitrogens is 2. The van der Waals surface area contributed by atoms with Crippen LogP contribution in [0.2, 0.25) is 0 Å². The molecule has 1 atom stereocenters. The third kappa shape index (κ3) is 2.25. The van der Waals surface area contributed by atoms with E-state index in [0.29, 0.717) is 6.54 Å². The summed E-state index contributed by atoms with van der Waals surface area (Å²) in [5.74, 6) is 1.17. The predicted octanol–water partition coefficient (Wildman–Crippen LogP) is 2.96. The zero-order valence-corrected chi connectivity index (χ0v) is 10.9. The zero-order valence-electron chi connectivity index (χ0n) is 10.9. The molecule has 0 saturated carbocycles. The first kappa shape index (κ1) is 11.9. The molecule has 0 aliphatic rings. The van der Waals surface area contributed by atoms with Gasteiger partial charge in [-0.15, -0.1) is 0 Å². The van der Waals surface area contributed by atoms with Gasteiger partial charge in [-0.05, 0) is 30.2 Å². The first-order valence-corrected chi connectivity index (χ1v) is 6.49. The van der Waals surface area contributed by atoms with E-state index in [4.69, 9.17) is 5.73 Å². The Morgan fingerprint density at radius 3 is 2.63 bits per heavy atom. The van der Waals surface area contributed by atoms with Crippen LogP contribution in [-0.4, -0.2) is 16.5 Å². The maximum Gasteiger partial charge on any atom is 0.104 e. The number of fused-ring (bicyclic) bond motifs is 1. The SMILES string of the molecule is Cc1nc2ccc(C(CN)c3ccccc3)cc2[nH]1. The van der Waals surface area contributed by atoms with E-state index in [1.54, 1.807) is 0 Å². The highest BCUT2D eigenvalue weighted by molar-refractivity contribution is 5.76. The van der Waals surface area contributed by atoms with Crippen LogP contribution in [0.5, 0.6) is 0 Å². The van der Waals surface area contributed by atoms with Gasteiger partial charge in [-0.25, -0.2) is 4.98 Å². The highest BCUT2D eigenvalue weighted by Gasteiger charge is 2.13. The van der Waals surface area contributed by atoms with Crippen LogP contribution in [0.25, 0.3) is 11.0 Å². The molecular formula is C16H17N3. The summed E-state index contributed by atoms with van der Waals surface area (Å²) in [4.78, 5) is 7.70. The monoisotopic (exact) mass is 251 g/mol. The molecule has 0 aliphatic heterocycles. The molecule has 0 spiro atoms. The minimum atomic E-state index is 0.231. The second-order valence-electron chi connectivity index (χ2n) is 4.80. The quantitative estimate of drug-likeness (QED) is 0.752. The molecule has 3 nitrogen and oxygen atoms in total. The Morgan fingerprint density at radius 1 is 1.11 bits per heavy atom. The molecule has 3 N–H and O–H groups in total. The molecule has 3 heteroatoms. The third-order valence-corrected chi connectivity index (χ3v) is 3.46. The number of hydrogen-bond acceptors (Lipinski definition) is 2. The van der Waals surface area contributed by atoms with Crippen LogP contribution < -0.4 is 5.73 Å². The first-order chi connectivity index (χ1) is 9.28. The standard InChI is InChI=1S/C16H17N3/c1-11-18-15-8-7-13(9-16(15)19-11)14(10-17)12-5-3-2-4-6-12/h2-9,14H,10,17H2,1H3,(H,18,19). The molecule has 0 amide bonds. The van der Waals surface area contributed by atoms with Crippen molar-refractivity contribution < 1.29 is 0 Å². The molecule has 3 rings (SSSR count). The van der Waals surface area contributed by atoms with E-state index in [1.165, 1.54) is 11.1 Å². The van der Waals surface area contributed by atoms with Crippen molar-refractivity contribution >= 4 is 11.0 Å². The summed E-state index contributed by atoms with van der Waals surface area (Å²) in [6.45, 7) is 2.57. The van der Waals surface area contributed by atoms with Crippen molar-refractivity contribution in [2.24, 2.45) is 5.73 Å². The van der Waals surface area contributed by atoms with Crippen LogP contribution >= 0.6 is 0 Å². The van der Waals surface area contributed by atoms with Crippen LogP contribution in [0.4, 0.5) is 0 Å². The fourth-order valence-electron chi connectivity index (χ4n) is 2.52. The highest BCUT2D eigenvalue weighted by atomic mass is 14.9. The number of hydrogen-bond donors (Lipinski definition) is 2. The Morgan fingerprint density at radius 2 is 1.89 bits per heavy atom. The summed E-state index contributed by atoms with van der Waals surface area (Å²) in [5.41, 5.74) is 10.5. The summed E-state index contributed by atoms with van der Waals surface area (Å²) in [6.07, 6.45) is 0. The number of nitrogens with zero attached hydrogens (tertiary/aromatic N) is 1. The van der Waals surface area contributed by atoms with Gasteiger partial charge in [0.1, 0.15) is 5.82 Å². The molecule has 1 aromatic heterocycles. The second kappa shape index (κ2) is 4.86. The fraction of sp³-hybridized carbons (Fsp3) is 0.188. The van der Waals surface area contributed by atoms with E-state index in [0.717, 1.165) is 16.9 Å². The first-order valence-electron chi connectivity index (χ1n) is 6.49. The van der Waals surface area contributed by atoms with Crippen LogP contribution in [0.1, 0.15) is 22.9 Å². The Balaban J connectivity index is 2.06. The number of aromatic amines is 1. The summed E-state index contributed by atoms with van der Waals surface area (Å²) in [7, 11) is 0. The van der Waals surface area contributed by atoms with E-state index >= 15 is 0 Å². The molecule has 0 saturated heterocycles. The lowest BCUT2D eigenvalue weighted by atomic mass is 9.91. The minimum Gasteiger partial charge on any atom is -0.342 e. The largest absolute Gasteiger partial charge is 0.342 e. The molecule has 3 aromatic rings. The van der Waals surface area contributed by atoms with Gasteiger partial charge in [0.15, 0.2) is 0 Å². The maximum atomic E-state index is 5.96. The van der Waals surface area contributed by atoms with Gasteiger partial charge in [-0.2, -0.15) is 0 Å². The topological polar surface area (TPSA) is 54.7 Å². The third-order valence-electron chi connectivity index (χ3n) is 3.46. The Labute approximate surface area is 112 Å². The summed E-state index contributed by atoms with van der Waals surface area (Å²) in [5, 5.41) is 0. The van der Waals surface area contributed by atoms with Crippen molar-refractivity contribution in [1.29, 1.82) is 0 Å². The normalized spacial score (nSPS) is 12.7. The Hall–Kier alpha value is -2.13. The second-order valence-corrected chi connectivity index (χ2v) is 4.80. The van der Waals surface area contributed by atoms with Crippen molar-refractivity contribution in [3.63, 3.8) is 0 Å². The smallest absolute Gasteiger partial charge is 0.104 e. The van der Waals surface area contributed by atoms with Crippen molar-refractivity contribution in [2.45, 2.75) is 12.8 Å². The van der Waals surface area contributed by atoms with Crippen molar-refractivity contribution in [1.82, 2.24) is 9.97 Å². The van der Waals surface area contributed by atoms with Crippen LogP contribution in [0.15, 0.2) is 48.5 Å². The van der Waals surface area contributed by atoms with E-state index in [2.05, 4.69) is 52.4 Å². The Kier molecular flexibility index (Phi) is 3.05. The van der Waals surface area contributed by atoms with Gasteiger partial charge in [-0.3, -0.25) is 0 Å². The average Bonchev–Trinajstić information content (AvgIpc) is 2.80. The van der Waals surface area contributed by atoms with E-state index in [1.807, 2.05) is 13.0 Å². The van der Waals surface area contributed by atoms with E-state index in [9.17, 15) is 0 Å². The average molecular weight is 251 g/mol. The van der Waals surface area contributed by atoms with Gasteiger partial charge in [0.2, 0.25) is 0 Å². The lowest BCUT2D eigenvalue weighted by Crippen LogP contribution is -2.13. The van der Waals surface area contributed by atoms with E-state index in [-0.39, 0.29) is 5.92 Å². The van der Waals surface area contributed by atoms with Crippen LogP contribution in [-0.2, 0) is 0 Å². The van der Waals surface area contributed by atoms with Crippen molar-refractivity contribution in [3.8, 4) is 0 Å². The lowest BCUT2D eigenvalue weighted by Gasteiger charge is -2.15.